The third-order valence-electron chi connectivity index (χ3n) is 6.13. The molecule has 7 nitrogen and oxygen atoms in total. The first-order valence-electron chi connectivity index (χ1n) is 11.6. The van der Waals surface area contributed by atoms with Crippen LogP contribution >= 0.6 is 0 Å². The number of anilines is 1. The van der Waals surface area contributed by atoms with E-state index in [4.69, 9.17) is 9.15 Å². The van der Waals surface area contributed by atoms with Crippen LogP contribution in [0, 0.1) is 6.92 Å². The number of para-hydroxylation sites is 1. The van der Waals surface area contributed by atoms with E-state index in [1.54, 1.807) is 24.7 Å². The number of fused-ring (bicyclic) bond motifs is 1. The molecular formula is C29H25N3O4. The molecule has 0 saturated carbocycles. The molecule has 0 fully saturated rings. The highest BCUT2D eigenvalue weighted by Crippen LogP contribution is 2.31. The molecule has 36 heavy (non-hydrogen) atoms. The first-order chi connectivity index (χ1) is 17.4. The van der Waals surface area contributed by atoms with Crippen molar-refractivity contribution in [3.8, 4) is 17.0 Å². The Kier molecular flexibility index (Phi) is 6.12. The van der Waals surface area contributed by atoms with E-state index in [0.29, 0.717) is 28.0 Å². The monoisotopic (exact) mass is 479 g/mol. The van der Waals surface area contributed by atoms with Crippen LogP contribution < -0.4 is 10.7 Å². The summed E-state index contributed by atoms with van der Waals surface area (Å²) in [6.07, 6.45) is 5.32. The summed E-state index contributed by atoms with van der Waals surface area (Å²) in [4.78, 5) is 29.5. The second kappa shape index (κ2) is 9.54. The predicted molar refractivity (Wildman–Crippen MR) is 140 cm³/mol. The van der Waals surface area contributed by atoms with Gasteiger partial charge in [-0.25, -0.2) is 9.78 Å². The first-order valence-corrected chi connectivity index (χ1v) is 11.6. The molecule has 0 saturated heterocycles. The van der Waals surface area contributed by atoms with Gasteiger partial charge in [-0.1, -0.05) is 18.2 Å². The zero-order valence-electron chi connectivity index (χ0n) is 20.2. The normalized spacial score (nSPS) is 11.9. The lowest BCUT2D eigenvalue weighted by atomic mass is 10.00. The van der Waals surface area contributed by atoms with Gasteiger partial charge in [0.1, 0.15) is 11.3 Å². The van der Waals surface area contributed by atoms with Crippen molar-refractivity contribution in [2.75, 3.05) is 12.4 Å². The minimum absolute atomic E-state index is 0.114. The van der Waals surface area contributed by atoms with Crippen molar-refractivity contribution in [1.82, 2.24) is 9.55 Å². The molecule has 0 spiro atoms. The molecule has 5 aromatic rings. The molecule has 7 heteroatoms. The van der Waals surface area contributed by atoms with Crippen LogP contribution in [0.1, 0.15) is 34.5 Å². The highest BCUT2D eigenvalue weighted by atomic mass is 16.5. The van der Waals surface area contributed by atoms with Crippen LogP contribution in [0.4, 0.5) is 5.69 Å². The molecule has 5 rings (SSSR count). The number of nitrogens with zero attached hydrogens (tertiary/aromatic N) is 2. The van der Waals surface area contributed by atoms with Gasteiger partial charge in [-0.3, -0.25) is 4.79 Å². The maximum atomic E-state index is 13.1. The highest BCUT2D eigenvalue weighted by molar-refractivity contribution is 5.95. The summed E-state index contributed by atoms with van der Waals surface area (Å²) >= 11 is 0. The van der Waals surface area contributed by atoms with E-state index in [9.17, 15) is 9.59 Å². The molecule has 1 N–H and O–H groups in total. The Balaban J connectivity index is 1.56. The molecule has 0 radical (unpaired) electrons. The third-order valence-corrected chi connectivity index (χ3v) is 6.13. The number of methoxy groups -OCH3 is 1. The Bertz CT molecular complexity index is 1600. The molecule has 3 aromatic carbocycles. The number of ether oxygens (including phenoxy) is 1. The van der Waals surface area contributed by atoms with E-state index in [2.05, 4.69) is 10.3 Å². The van der Waals surface area contributed by atoms with Crippen LogP contribution in [0.25, 0.3) is 28.0 Å². The van der Waals surface area contributed by atoms with Gasteiger partial charge < -0.3 is 19.0 Å². The van der Waals surface area contributed by atoms with Crippen LogP contribution in [0.5, 0.6) is 0 Å². The van der Waals surface area contributed by atoms with E-state index in [-0.39, 0.29) is 11.5 Å². The summed E-state index contributed by atoms with van der Waals surface area (Å²) in [6, 6.07) is 20.0. The highest BCUT2D eigenvalue weighted by Gasteiger charge is 2.19. The smallest absolute Gasteiger partial charge is 0.339 e. The molecule has 0 bridgehead atoms. The van der Waals surface area contributed by atoms with E-state index >= 15 is 0 Å². The van der Waals surface area contributed by atoms with Gasteiger partial charge in [0.05, 0.1) is 30.4 Å². The number of aryl methyl sites for hydroxylation is 1. The van der Waals surface area contributed by atoms with Crippen molar-refractivity contribution in [2.24, 2.45) is 0 Å². The lowest BCUT2D eigenvalue weighted by Gasteiger charge is -2.19. The number of hydrogen-bond donors (Lipinski definition) is 1. The summed E-state index contributed by atoms with van der Waals surface area (Å²) < 4.78 is 13.2. The number of imidazole rings is 1. The minimum Gasteiger partial charge on any atom is -0.465 e. The van der Waals surface area contributed by atoms with Crippen LogP contribution in [0.15, 0.2) is 94.7 Å². The summed E-state index contributed by atoms with van der Waals surface area (Å²) in [5.74, 6) is 0.0595. The number of rotatable bonds is 6. The third kappa shape index (κ3) is 4.38. The summed E-state index contributed by atoms with van der Waals surface area (Å²) in [5, 5.41) is 3.90. The Morgan fingerprint density at radius 1 is 1.08 bits per heavy atom. The van der Waals surface area contributed by atoms with E-state index in [1.807, 2.05) is 73.1 Å². The average molecular weight is 480 g/mol. The van der Waals surface area contributed by atoms with Gasteiger partial charge in [-0.15, -0.1) is 0 Å². The molecule has 0 aliphatic rings. The number of hydrogen-bond acceptors (Lipinski definition) is 6. The predicted octanol–water partition coefficient (Wildman–Crippen LogP) is 5.91. The number of aromatic nitrogens is 2. The number of carbonyl (C=O) groups is 1. The van der Waals surface area contributed by atoms with Gasteiger partial charge in [-0.2, -0.15) is 0 Å². The second-order valence-electron chi connectivity index (χ2n) is 8.63. The largest absolute Gasteiger partial charge is 0.465 e. The topological polar surface area (TPSA) is 86.4 Å². The molecule has 0 amide bonds. The lowest BCUT2D eigenvalue weighted by molar-refractivity contribution is 0.0602. The molecule has 180 valence electrons. The summed E-state index contributed by atoms with van der Waals surface area (Å²) in [5.41, 5.74) is 4.98. The Labute approximate surface area is 208 Å². The van der Waals surface area contributed by atoms with E-state index in [1.165, 1.54) is 13.2 Å². The van der Waals surface area contributed by atoms with Gasteiger partial charge in [0.2, 0.25) is 0 Å². The van der Waals surface area contributed by atoms with Crippen molar-refractivity contribution in [3.63, 3.8) is 0 Å². The van der Waals surface area contributed by atoms with Crippen molar-refractivity contribution in [1.29, 1.82) is 0 Å². The zero-order chi connectivity index (χ0) is 25.2. The van der Waals surface area contributed by atoms with Gasteiger partial charge in [0, 0.05) is 41.0 Å². The van der Waals surface area contributed by atoms with E-state index in [0.717, 1.165) is 22.4 Å². The van der Waals surface area contributed by atoms with Crippen molar-refractivity contribution < 1.29 is 13.9 Å². The average Bonchev–Trinajstić information content (AvgIpc) is 3.44. The van der Waals surface area contributed by atoms with Crippen molar-refractivity contribution in [3.05, 3.63) is 112 Å². The standard InChI is InChI=1S/C29H25N3O4/c1-18-14-23(19(2)31-25-7-5-4-6-22(25)29(34)35-3)28-24(15-18)26(33)16-27(36-28)20-8-10-21(11-9-20)32-13-12-30-17-32/h4-17,19,31H,1-3H3. The Morgan fingerprint density at radius 3 is 2.58 bits per heavy atom. The Hall–Kier alpha value is -4.65. The number of carbonyl (C=O) groups excluding carboxylic acids is 1. The molecule has 1 unspecified atom stereocenters. The number of nitrogens with one attached hydrogen (secondary N) is 1. The minimum atomic E-state index is -0.424. The van der Waals surface area contributed by atoms with Crippen LogP contribution in [-0.4, -0.2) is 22.6 Å². The lowest BCUT2D eigenvalue weighted by Crippen LogP contribution is -2.13. The maximum absolute atomic E-state index is 13.1. The first kappa shape index (κ1) is 23.1. The fourth-order valence-electron chi connectivity index (χ4n) is 4.32. The quantitative estimate of drug-likeness (QED) is 0.305. The molecule has 1 atom stereocenters. The van der Waals surface area contributed by atoms with Crippen molar-refractivity contribution >= 4 is 22.6 Å². The van der Waals surface area contributed by atoms with Gasteiger partial charge >= 0.3 is 5.97 Å². The summed E-state index contributed by atoms with van der Waals surface area (Å²) in [7, 11) is 1.36. The zero-order valence-corrected chi connectivity index (χ0v) is 20.2. The van der Waals surface area contributed by atoms with Gasteiger partial charge in [0.15, 0.2) is 5.43 Å². The molecule has 2 heterocycles. The molecular weight excluding hydrogens is 454 g/mol. The second-order valence-corrected chi connectivity index (χ2v) is 8.63. The van der Waals surface area contributed by atoms with Crippen LogP contribution in [-0.2, 0) is 4.74 Å². The fraction of sp³-hybridized carbons (Fsp3) is 0.138. The number of benzene rings is 3. The van der Waals surface area contributed by atoms with Gasteiger partial charge in [0.25, 0.3) is 0 Å². The van der Waals surface area contributed by atoms with Gasteiger partial charge in [-0.05, 0) is 61.9 Å². The van der Waals surface area contributed by atoms with Crippen molar-refractivity contribution in [2.45, 2.75) is 19.9 Å². The maximum Gasteiger partial charge on any atom is 0.339 e. The fourth-order valence-corrected chi connectivity index (χ4v) is 4.32. The molecule has 0 aliphatic heterocycles. The Morgan fingerprint density at radius 2 is 1.86 bits per heavy atom. The SMILES string of the molecule is COC(=O)c1ccccc1NC(C)c1cc(C)cc2c(=O)cc(-c3ccc(-n4ccnc4)cc3)oc12. The van der Waals surface area contributed by atoms with Crippen LogP contribution in [0.3, 0.4) is 0 Å². The molecule has 2 aromatic heterocycles. The molecule has 0 aliphatic carbocycles. The number of esters is 1. The summed E-state index contributed by atoms with van der Waals surface area (Å²) in [6.45, 7) is 3.91. The van der Waals surface area contributed by atoms with E-state index < -0.39 is 5.97 Å². The van der Waals surface area contributed by atoms with Crippen LogP contribution in [0.2, 0.25) is 0 Å².